The number of hydrogen-bond acceptors (Lipinski definition) is 6. The van der Waals surface area contributed by atoms with Gasteiger partial charge in [-0.25, -0.2) is 4.79 Å². The van der Waals surface area contributed by atoms with E-state index in [4.69, 9.17) is 0 Å². The fourth-order valence-corrected chi connectivity index (χ4v) is 2.24. The molecule has 0 atom stereocenters. The molecule has 2 N–H and O–H groups in total. The predicted molar refractivity (Wildman–Crippen MR) is 83.5 cm³/mol. The fourth-order valence-electron chi connectivity index (χ4n) is 1.81. The molecule has 0 amide bonds. The number of benzene rings is 2. The third-order valence-electron chi connectivity index (χ3n) is 2.86. The van der Waals surface area contributed by atoms with Crippen LogP contribution >= 0.6 is 15.9 Å². The van der Waals surface area contributed by atoms with Gasteiger partial charge in [-0.1, -0.05) is 12.1 Å². The van der Waals surface area contributed by atoms with Gasteiger partial charge >= 0.3 is 5.97 Å². The van der Waals surface area contributed by atoms with E-state index in [1.165, 1.54) is 18.2 Å². The van der Waals surface area contributed by atoms with Crippen LogP contribution in [0.5, 0.6) is 5.75 Å². The van der Waals surface area contributed by atoms with Crippen LogP contribution < -0.4 is 5.32 Å². The van der Waals surface area contributed by atoms with Crippen molar-refractivity contribution in [3.05, 3.63) is 56.5 Å². The number of carbonyl (C=O) groups excluding carboxylic acids is 1. The zero-order chi connectivity index (χ0) is 16.3. The van der Waals surface area contributed by atoms with Crippen LogP contribution in [-0.2, 0) is 4.74 Å². The Balaban J connectivity index is 2.51. The van der Waals surface area contributed by atoms with Gasteiger partial charge in [0.05, 0.1) is 23.4 Å². The molecule has 0 saturated carbocycles. The highest BCUT2D eigenvalue weighted by atomic mass is 79.9. The number of aromatic hydroxyl groups is 1. The van der Waals surface area contributed by atoms with Gasteiger partial charge in [0.1, 0.15) is 11.3 Å². The summed E-state index contributed by atoms with van der Waals surface area (Å²) in [6, 6.07) is 8.98. The van der Waals surface area contributed by atoms with Gasteiger partial charge in [0.15, 0.2) is 0 Å². The smallest absolute Gasteiger partial charge is 0.344 e. The number of methoxy groups -OCH3 is 1. The molecule has 2 aromatic rings. The summed E-state index contributed by atoms with van der Waals surface area (Å²) < 4.78 is 4.93. The van der Waals surface area contributed by atoms with E-state index in [1.54, 1.807) is 18.2 Å². The van der Waals surface area contributed by atoms with Crippen LogP contribution in [0.2, 0.25) is 0 Å². The van der Waals surface area contributed by atoms with Gasteiger partial charge in [-0.15, -0.1) is 0 Å². The van der Waals surface area contributed by atoms with Gasteiger partial charge in [-0.3, -0.25) is 10.1 Å². The number of ether oxygens (including phenoxy) is 1. The second-order valence-electron chi connectivity index (χ2n) is 4.24. The summed E-state index contributed by atoms with van der Waals surface area (Å²) in [5.74, 6) is -0.813. The monoisotopic (exact) mass is 366 g/mol. The van der Waals surface area contributed by atoms with E-state index < -0.39 is 10.9 Å². The van der Waals surface area contributed by atoms with E-state index in [0.29, 0.717) is 15.8 Å². The number of hydrogen-bond donors (Lipinski definition) is 2. The van der Waals surface area contributed by atoms with Crippen LogP contribution in [0.4, 0.5) is 17.1 Å². The first kappa shape index (κ1) is 15.8. The number of phenolic OH excluding ortho intramolecular Hbond substituents is 1. The Morgan fingerprint density at radius 3 is 2.59 bits per heavy atom. The summed E-state index contributed by atoms with van der Waals surface area (Å²) in [6.45, 7) is 0. The Bertz CT molecular complexity index is 748. The van der Waals surface area contributed by atoms with E-state index in [1.807, 2.05) is 0 Å². The average Bonchev–Trinajstić information content (AvgIpc) is 2.50. The maximum Gasteiger partial charge on any atom is 0.344 e. The van der Waals surface area contributed by atoms with Crippen LogP contribution in [0.15, 0.2) is 40.9 Å². The second kappa shape index (κ2) is 6.44. The Labute approximate surface area is 133 Å². The number of nitrogens with zero attached hydrogens (tertiary/aromatic N) is 1. The van der Waals surface area contributed by atoms with Gasteiger partial charge in [-0.2, -0.15) is 0 Å². The molecular weight excluding hydrogens is 356 g/mol. The molecule has 0 unspecified atom stereocenters. The minimum absolute atomic E-state index is 0.00682. The van der Waals surface area contributed by atoms with Crippen LogP contribution in [0.25, 0.3) is 0 Å². The molecule has 8 heteroatoms. The normalized spacial score (nSPS) is 10.1. The molecule has 0 aromatic heterocycles. The molecule has 22 heavy (non-hydrogen) atoms. The number of nitro benzene ring substituents is 1. The van der Waals surface area contributed by atoms with Gasteiger partial charge in [0.25, 0.3) is 5.69 Å². The molecule has 0 aliphatic rings. The van der Waals surface area contributed by atoms with Gasteiger partial charge in [0.2, 0.25) is 0 Å². The zero-order valence-electron chi connectivity index (χ0n) is 11.4. The SMILES string of the molecule is COC(=O)c1cc(Nc2ccccc2O)c(Br)cc1[N+](=O)[O-]. The third-order valence-corrected chi connectivity index (χ3v) is 3.52. The third kappa shape index (κ3) is 3.17. The zero-order valence-corrected chi connectivity index (χ0v) is 13.0. The molecule has 0 bridgehead atoms. The Morgan fingerprint density at radius 2 is 2.00 bits per heavy atom. The van der Waals surface area contributed by atoms with Crippen molar-refractivity contribution >= 4 is 39.0 Å². The molecule has 0 spiro atoms. The number of para-hydroxylation sites is 2. The quantitative estimate of drug-likeness (QED) is 0.371. The summed E-state index contributed by atoms with van der Waals surface area (Å²) >= 11 is 3.20. The Kier molecular flexibility index (Phi) is 4.62. The van der Waals surface area contributed by atoms with E-state index in [9.17, 15) is 20.0 Å². The fraction of sp³-hybridized carbons (Fsp3) is 0.0714. The summed E-state index contributed by atoms with van der Waals surface area (Å²) in [6.07, 6.45) is 0. The molecular formula is C14H11BrN2O5. The van der Waals surface area contributed by atoms with Crippen LogP contribution in [-0.4, -0.2) is 23.1 Å². The maximum atomic E-state index is 11.7. The van der Waals surface area contributed by atoms with Crippen molar-refractivity contribution in [3.8, 4) is 5.75 Å². The van der Waals surface area contributed by atoms with E-state index in [0.717, 1.165) is 7.11 Å². The second-order valence-corrected chi connectivity index (χ2v) is 5.09. The summed E-state index contributed by atoms with van der Waals surface area (Å²) in [7, 11) is 1.14. The lowest BCUT2D eigenvalue weighted by Crippen LogP contribution is -2.07. The molecule has 0 heterocycles. The summed E-state index contributed by atoms with van der Waals surface area (Å²) in [5, 5.41) is 23.7. The van der Waals surface area contributed by atoms with Crippen molar-refractivity contribution in [1.82, 2.24) is 0 Å². The van der Waals surface area contributed by atoms with Gasteiger partial charge in [-0.05, 0) is 34.1 Å². The van der Waals surface area contributed by atoms with E-state index in [2.05, 4.69) is 26.0 Å². The molecule has 0 aliphatic carbocycles. The van der Waals surface area contributed by atoms with Crippen molar-refractivity contribution in [1.29, 1.82) is 0 Å². The van der Waals surface area contributed by atoms with Crippen molar-refractivity contribution in [3.63, 3.8) is 0 Å². The highest BCUT2D eigenvalue weighted by Gasteiger charge is 2.23. The number of carbonyl (C=O) groups is 1. The standard InChI is InChI=1S/C14H11BrN2O5/c1-22-14(19)8-6-11(9(15)7-12(8)17(20)21)16-10-4-2-3-5-13(10)18/h2-7,16,18H,1H3. The number of phenols is 1. The average molecular weight is 367 g/mol. The highest BCUT2D eigenvalue weighted by Crippen LogP contribution is 2.35. The molecule has 0 fully saturated rings. The number of halogens is 1. The lowest BCUT2D eigenvalue weighted by atomic mass is 10.1. The number of esters is 1. The molecule has 0 radical (unpaired) electrons. The van der Waals surface area contributed by atoms with Gasteiger partial charge < -0.3 is 15.2 Å². The van der Waals surface area contributed by atoms with Crippen molar-refractivity contribution < 1.29 is 19.6 Å². The van der Waals surface area contributed by atoms with Crippen molar-refractivity contribution in [2.75, 3.05) is 12.4 Å². The Morgan fingerprint density at radius 1 is 1.32 bits per heavy atom. The van der Waals surface area contributed by atoms with Crippen molar-refractivity contribution in [2.45, 2.75) is 0 Å². The van der Waals surface area contributed by atoms with Crippen molar-refractivity contribution in [2.24, 2.45) is 0 Å². The van der Waals surface area contributed by atoms with E-state index >= 15 is 0 Å². The summed E-state index contributed by atoms with van der Waals surface area (Å²) in [4.78, 5) is 22.1. The lowest BCUT2D eigenvalue weighted by Gasteiger charge is -2.11. The van der Waals surface area contributed by atoms with Crippen LogP contribution in [0.1, 0.15) is 10.4 Å². The molecule has 2 rings (SSSR count). The van der Waals surface area contributed by atoms with E-state index in [-0.39, 0.29) is 17.0 Å². The molecule has 7 nitrogen and oxygen atoms in total. The van der Waals surface area contributed by atoms with Gasteiger partial charge in [0, 0.05) is 10.5 Å². The first-order chi connectivity index (χ1) is 10.4. The number of rotatable bonds is 4. The number of nitrogens with one attached hydrogen (secondary N) is 1. The number of anilines is 2. The van der Waals surface area contributed by atoms with Crippen LogP contribution in [0.3, 0.4) is 0 Å². The first-order valence-electron chi connectivity index (χ1n) is 6.05. The first-order valence-corrected chi connectivity index (χ1v) is 6.84. The summed E-state index contributed by atoms with van der Waals surface area (Å²) in [5.41, 5.74) is 0.218. The topological polar surface area (TPSA) is 102 Å². The number of nitro groups is 1. The predicted octanol–water partition coefficient (Wildman–Crippen LogP) is 3.59. The molecule has 114 valence electrons. The molecule has 2 aromatic carbocycles. The minimum Gasteiger partial charge on any atom is -0.506 e. The Hall–Kier alpha value is -2.61. The molecule has 0 saturated heterocycles. The lowest BCUT2D eigenvalue weighted by molar-refractivity contribution is -0.385. The minimum atomic E-state index is -0.820. The molecule has 0 aliphatic heterocycles. The highest BCUT2D eigenvalue weighted by molar-refractivity contribution is 9.10. The van der Waals surface area contributed by atoms with Crippen LogP contribution in [0, 0.1) is 10.1 Å². The largest absolute Gasteiger partial charge is 0.506 e. The maximum absolute atomic E-state index is 11.7.